The van der Waals surface area contributed by atoms with Gasteiger partial charge in [0, 0.05) is 24.5 Å². The van der Waals surface area contributed by atoms with E-state index in [1.165, 1.54) is 0 Å². The highest BCUT2D eigenvalue weighted by molar-refractivity contribution is 5.44. The molecular formula is C13H23N3O. The van der Waals surface area contributed by atoms with Crippen molar-refractivity contribution in [1.29, 1.82) is 0 Å². The molecule has 4 nitrogen and oxygen atoms in total. The summed E-state index contributed by atoms with van der Waals surface area (Å²) in [5, 5.41) is 3.38. The van der Waals surface area contributed by atoms with Crippen LogP contribution in [-0.2, 0) is 0 Å². The van der Waals surface area contributed by atoms with E-state index in [-0.39, 0.29) is 0 Å². The number of pyridine rings is 1. The van der Waals surface area contributed by atoms with Crippen LogP contribution in [0.5, 0.6) is 5.88 Å². The van der Waals surface area contributed by atoms with Crippen LogP contribution >= 0.6 is 0 Å². The van der Waals surface area contributed by atoms with Crippen molar-refractivity contribution in [2.24, 2.45) is 0 Å². The average molecular weight is 237 g/mol. The maximum absolute atomic E-state index is 5.07. The van der Waals surface area contributed by atoms with Crippen LogP contribution in [0.1, 0.15) is 20.3 Å². The van der Waals surface area contributed by atoms with Gasteiger partial charge in [0.1, 0.15) is 0 Å². The maximum Gasteiger partial charge on any atom is 0.214 e. The van der Waals surface area contributed by atoms with Crippen molar-refractivity contribution in [2.45, 2.75) is 20.3 Å². The predicted molar refractivity (Wildman–Crippen MR) is 71.7 cm³/mol. The normalized spacial score (nSPS) is 10.6. The molecule has 4 heteroatoms. The van der Waals surface area contributed by atoms with Gasteiger partial charge in [-0.15, -0.1) is 0 Å². The first-order valence-corrected chi connectivity index (χ1v) is 6.26. The number of anilines is 1. The van der Waals surface area contributed by atoms with Gasteiger partial charge >= 0.3 is 0 Å². The third-order valence-electron chi connectivity index (χ3n) is 2.82. The minimum atomic E-state index is 0.652. The second-order valence-electron chi connectivity index (χ2n) is 3.89. The van der Waals surface area contributed by atoms with Gasteiger partial charge in [-0.25, -0.2) is 4.98 Å². The summed E-state index contributed by atoms with van der Waals surface area (Å²) in [6.07, 6.45) is 2.90. The van der Waals surface area contributed by atoms with Crippen LogP contribution in [0.4, 0.5) is 5.69 Å². The Labute approximate surface area is 104 Å². The third-order valence-corrected chi connectivity index (χ3v) is 2.82. The highest BCUT2D eigenvalue weighted by Gasteiger charge is 1.99. The van der Waals surface area contributed by atoms with Gasteiger partial charge in [-0.1, -0.05) is 13.8 Å². The van der Waals surface area contributed by atoms with E-state index in [4.69, 9.17) is 4.74 Å². The van der Waals surface area contributed by atoms with Crippen LogP contribution < -0.4 is 10.1 Å². The number of hydrogen-bond donors (Lipinski definition) is 1. The van der Waals surface area contributed by atoms with E-state index in [1.54, 1.807) is 13.3 Å². The molecule has 0 amide bonds. The summed E-state index contributed by atoms with van der Waals surface area (Å²) in [4.78, 5) is 6.50. The standard InChI is InChI=1S/C13H23N3O/c1-4-16(5-2)10-6-8-14-12-7-9-15-13(11-12)17-3/h7,9,11H,4-6,8,10H2,1-3H3,(H,14,15). The molecule has 0 saturated carbocycles. The van der Waals surface area contributed by atoms with E-state index in [0.29, 0.717) is 5.88 Å². The zero-order valence-corrected chi connectivity index (χ0v) is 11.1. The molecule has 0 bridgehead atoms. The minimum absolute atomic E-state index is 0.652. The Morgan fingerprint density at radius 3 is 2.76 bits per heavy atom. The molecule has 0 atom stereocenters. The number of nitrogens with one attached hydrogen (secondary N) is 1. The van der Waals surface area contributed by atoms with Crippen LogP contribution in [0.15, 0.2) is 18.3 Å². The fraction of sp³-hybridized carbons (Fsp3) is 0.615. The third kappa shape index (κ3) is 5.04. The molecule has 1 rings (SSSR count). The van der Waals surface area contributed by atoms with Crippen molar-refractivity contribution >= 4 is 5.69 Å². The number of hydrogen-bond acceptors (Lipinski definition) is 4. The van der Waals surface area contributed by atoms with Crippen molar-refractivity contribution < 1.29 is 4.74 Å². The van der Waals surface area contributed by atoms with Gasteiger partial charge in [0.2, 0.25) is 5.88 Å². The Bertz CT molecular complexity index is 313. The summed E-state index contributed by atoms with van der Waals surface area (Å²) in [5.74, 6) is 0.652. The van der Waals surface area contributed by atoms with Crippen molar-refractivity contribution in [1.82, 2.24) is 9.88 Å². The van der Waals surface area contributed by atoms with E-state index in [9.17, 15) is 0 Å². The Balaban J connectivity index is 2.26. The molecule has 0 spiro atoms. The molecule has 0 aliphatic heterocycles. The minimum Gasteiger partial charge on any atom is -0.481 e. The van der Waals surface area contributed by atoms with E-state index in [1.807, 2.05) is 12.1 Å². The molecule has 96 valence electrons. The van der Waals surface area contributed by atoms with E-state index < -0.39 is 0 Å². The molecule has 0 aliphatic rings. The first-order valence-electron chi connectivity index (χ1n) is 6.26. The van der Waals surface area contributed by atoms with Crippen molar-refractivity contribution in [3.63, 3.8) is 0 Å². The van der Waals surface area contributed by atoms with E-state index >= 15 is 0 Å². The molecule has 17 heavy (non-hydrogen) atoms. The first-order chi connectivity index (χ1) is 8.30. The monoisotopic (exact) mass is 237 g/mol. The molecule has 0 radical (unpaired) electrons. The van der Waals surface area contributed by atoms with E-state index in [2.05, 4.69) is 29.0 Å². The topological polar surface area (TPSA) is 37.4 Å². The molecule has 1 aromatic rings. The van der Waals surface area contributed by atoms with Crippen molar-refractivity contribution in [2.75, 3.05) is 38.6 Å². The number of rotatable bonds is 8. The molecule has 1 N–H and O–H groups in total. The summed E-state index contributed by atoms with van der Waals surface area (Å²) in [5.41, 5.74) is 1.07. The summed E-state index contributed by atoms with van der Waals surface area (Å²) < 4.78 is 5.07. The lowest BCUT2D eigenvalue weighted by Gasteiger charge is -2.17. The largest absolute Gasteiger partial charge is 0.481 e. The number of methoxy groups -OCH3 is 1. The zero-order chi connectivity index (χ0) is 12.5. The first kappa shape index (κ1) is 13.8. The SMILES string of the molecule is CCN(CC)CCCNc1ccnc(OC)c1. The molecular weight excluding hydrogens is 214 g/mol. The predicted octanol–water partition coefficient (Wildman–Crippen LogP) is 2.23. The van der Waals surface area contributed by atoms with Gasteiger partial charge in [-0.3, -0.25) is 0 Å². The molecule has 0 unspecified atom stereocenters. The fourth-order valence-electron chi connectivity index (χ4n) is 1.71. The highest BCUT2D eigenvalue weighted by Crippen LogP contribution is 2.12. The van der Waals surface area contributed by atoms with Gasteiger partial charge in [-0.2, -0.15) is 0 Å². The van der Waals surface area contributed by atoms with Crippen LogP contribution in [0.25, 0.3) is 0 Å². The van der Waals surface area contributed by atoms with Crippen LogP contribution in [0.3, 0.4) is 0 Å². The van der Waals surface area contributed by atoms with Gasteiger partial charge < -0.3 is 15.0 Å². The quantitative estimate of drug-likeness (QED) is 0.704. The Hall–Kier alpha value is -1.29. The average Bonchev–Trinajstić information content (AvgIpc) is 2.39. The summed E-state index contributed by atoms with van der Waals surface area (Å²) >= 11 is 0. The second-order valence-corrected chi connectivity index (χ2v) is 3.89. The van der Waals surface area contributed by atoms with Crippen molar-refractivity contribution in [3.8, 4) is 5.88 Å². The molecule has 1 aromatic heterocycles. The Morgan fingerprint density at radius 2 is 2.12 bits per heavy atom. The molecule has 0 fully saturated rings. The van der Waals surface area contributed by atoms with Gasteiger partial charge in [0.25, 0.3) is 0 Å². The van der Waals surface area contributed by atoms with Crippen LogP contribution in [0.2, 0.25) is 0 Å². The van der Waals surface area contributed by atoms with Gasteiger partial charge in [0.05, 0.1) is 7.11 Å². The zero-order valence-electron chi connectivity index (χ0n) is 11.1. The fourth-order valence-corrected chi connectivity index (χ4v) is 1.71. The lowest BCUT2D eigenvalue weighted by atomic mass is 10.3. The lowest BCUT2D eigenvalue weighted by Crippen LogP contribution is -2.25. The smallest absolute Gasteiger partial charge is 0.214 e. The molecule has 0 aliphatic carbocycles. The van der Waals surface area contributed by atoms with Crippen molar-refractivity contribution in [3.05, 3.63) is 18.3 Å². The highest BCUT2D eigenvalue weighted by atomic mass is 16.5. The molecule has 0 saturated heterocycles. The molecule has 1 heterocycles. The second kappa shape index (κ2) is 7.90. The summed E-state index contributed by atoms with van der Waals surface area (Å²) in [6.45, 7) is 8.76. The van der Waals surface area contributed by atoms with Crippen LogP contribution in [-0.4, -0.2) is 43.2 Å². The van der Waals surface area contributed by atoms with Gasteiger partial charge in [0.15, 0.2) is 0 Å². The lowest BCUT2D eigenvalue weighted by molar-refractivity contribution is 0.303. The number of aromatic nitrogens is 1. The Morgan fingerprint density at radius 1 is 1.35 bits per heavy atom. The van der Waals surface area contributed by atoms with Gasteiger partial charge in [-0.05, 0) is 32.1 Å². The maximum atomic E-state index is 5.07. The Kier molecular flexibility index (Phi) is 6.40. The summed E-state index contributed by atoms with van der Waals surface area (Å²) in [6, 6.07) is 3.87. The van der Waals surface area contributed by atoms with E-state index in [0.717, 1.165) is 38.3 Å². The summed E-state index contributed by atoms with van der Waals surface area (Å²) in [7, 11) is 1.63. The van der Waals surface area contributed by atoms with Crippen LogP contribution in [0, 0.1) is 0 Å². The molecule has 0 aromatic carbocycles. The number of nitrogens with zero attached hydrogens (tertiary/aromatic N) is 2. The number of ether oxygens (including phenoxy) is 1.